The van der Waals surface area contributed by atoms with Crippen LogP contribution in [0.25, 0.3) is 0 Å². The number of ether oxygens (including phenoxy) is 1. The molecule has 0 spiro atoms. The van der Waals surface area contributed by atoms with E-state index in [1.807, 2.05) is 4.90 Å². The number of amides is 1. The summed E-state index contributed by atoms with van der Waals surface area (Å²) < 4.78 is 4.99. The van der Waals surface area contributed by atoms with E-state index in [0.29, 0.717) is 13.1 Å². The Kier molecular flexibility index (Phi) is 5.26. The van der Waals surface area contributed by atoms with Crippen LogP contribution in [0.5, 0.6) is 0 Å². The second kappa shape index (κ2) is 6.58. The molecule has 2 rings (SSSR count). The second-order valence-corrected chi connectivity index (χ2v) is 10.6. The van der Waals surface area contributed by atoms with Gasteiger partial charge in [-0.05, 0) is 16.4 Å². The number of hydrogen-bond donors (Lipinski definition) is 0. The molecule has 0 radical (unpaired) electrons. The Morgan fingerprint density at radius 3 is 2.00 bits per heavy atom. The number of fused-ring (bicyclic) bond motifs is 1. The number of carbonyl (C=O) groups is 1. The predicted octanol–water partition coefficient (Wildman–Crippen LogP) is 4.54. The van der Waals surface area contributed by atoms with Gasteiger partial charge in [0.05, 0.1) is 19.7 Å². The molecule has 1 atom stereocenters. The van der Waals surface area contributed by atoms with Gasteiger partial charge in [-0.1, -0.05) is 62.3 Å². The number of methoxy groups -OCH3 is 1. The number of hydrogen-bond acceptors (Lipinski definition) is 4. The molecule has 0 N–H and O–H groups in total. The fourth-order valence-electron chi connectivity index (χ4n) is 3.93. The summed E-state index contributed by atoms with van der Waals surface area (Å²) >= 11 is 0. The molecule has 1 unspecified atom stereocenters. The number of piperazine rings is 1. The lowest BCUT2D eigenvalue weighted by atomic mass is 9.70. The van der Waals surface area contributed by atoms with E-state index in [1.165, 1.54) is 18.4 Å². The lowest BCUT2D eigenvalue weighted by Gasteiger charge is -2.50. The SMILES string of the molecule is COC(=O)N1CCN2C(C(C)(C)C)=NC(C(C)(C)C)C(C(C)(C)C)=C2C1. The third kappa shape index (κ3) is 3.91. The minimum Gasteiger partial charge on any atom is -0.453 e. The van der Waals surface area contributed by atoms with Crippen LogP contribution in [-0.2, 0) is 4.74 Å². The highest BCUT2D eigenvalue weighted by molar-refractivity contribution is 5.90. The highest BCUT2D eigenvalue weighted by Crippen LogP contribution is 2.45. The Bertz CT molecular complexity index is 627. The Hall–Kier alpha value is -1.52. The van der Waals surface area contributed by atoms with Crippen LogP contribution in [0.4, 0.5) is 4.79 Å². The Labute approximate surface area is 159 Å². The van der Waals surface area contributed by atoms with Crippen molar-refractivity contribution in [1.29, 1.82) is 0 Å². The van der Waals surface area contributed by atoms with Crippen molar-refractivity contribution < 1.29 is 9.53 Å². The van der Waals surface area contributed by atoms with Crippen LogP contribution in [0.3, 0.4) is 0 Å². The van der Waals surface area contributed by atoms with E-state index >= 15 is 0 Å². The summed E-state index contributed by atoms with van der Waals surface area (Å²) in [5.74, 6) is 1.13. The van der Waals surface area contributed by atoms with Gasteiger partial charge in [-0.2, -0.15) is 0 Å². The first kappa shape index (κ1) is 20.8. The third-order valence-corrected chi connectivity index (χ3v) is 5.08. The summed E-state index contributed by atoms with van der Waals surface area (Å²) in [5.41, 5.74) is 2.50. The Morgan fingerprint density at radius 1 is 1.00 bits per heavy atom. The van der Waals surface area contributed by atoms with Gasteiger partial charge in [0.15, 0.2) is 0 Å². The number of rotatable bonds is 0. The summed E-state index contributed by atoms with van der Waals surface area (Å²) in [6.45, 7) is 22.2. The maximum atomic E-state index is 12.2. The molecule has 0 aromatic rings. The molecule has 0 aromatic heterocycles. The average molecular weight is 364 g/mol. The highest BCUT2D eigenvalue weighted by Gasteiger charge is 2.45. The van der Waals surface area contributed by atoms with Gasteiger partial charge >= 0.3 is 6.09 Å². The molecule has 2 heterocycles. The molecule has 1 saturated heterocycles. The molecule has 0 saturated carbocycles. The summed E-state index contributed by atoms with van der Waals surface area (Å²) in [6, 6.07) is 0.0978. The van der Waals surface area contributed by atoms with Crippen molar-refractivity contribution in [2.24, 2.45) is 21.2 Å². The zero-order chi connectivity index (χ0) is 20.1. The standard InChI is InChI=1S/C21H37N3O2/c1-19(2,3)15-14-13-23(18(25)26-10)11-12-24(14)17(21(7,8)9)22-16(15)20(4,5)6/h16H,11-13H2,1-10H3. The molecule has 0 aromatic carbocycles. The quantitative estimate of drug-likeness (QED) is 0.634. The average Bonchev–Trinajstić information content (AvgIpc) is 2.48. The third-order valence-electron chi connectivity index (χ3n) is 5.08. The van der Waals surface area contributed by atoms with Crippen molar-refractivity contribution in [1.82, 2.24) is 9.80 Å². The van der Waals surface area contributed by atoms with E-state index < -0.39 is 0 Å². The maximum absolute atomic E-state index is 12.2. The Morgan fingerprint density at radius 2 is 1.58 bits per heavy atom. The van der Waals surface area contributed by atoms with E-state index in [4.69, 9.17) is 9.73 Å². The lowest BCUT2D eigenvalue weighted by Crippen LogP contribution is -2.56. The van der Waals surface area contributed by atoms with Crippen LogP contribution in [0, 0.1) is 16.2 Å². The number of nitrogens with zero attached hydrogens (tertiary/aromatic N) is 3. The van der Waals surface area contributed by atoms with Crippen molar-refractivity contribution in [2.45, 2.75) is 68.4 Å². The van der Waals surface area contributed by atoms with Crippen molar-refractivity contribution in [3.63, 3.8) is 0 Å². The predicted molar refractivity (Wildman–Crippen MR) is 107 cm³/mol. The van der Waals surface area contributed by atoms with Gasteiger partial charge in [0.25, 0.3) is 0 Å². The molecule has 1 amide bonds. The molecule has 2 aliphatic rings. The van der Waals surface area contributed by atoms with Crippen molar-refractivity contribution >= 4 is 11.9 Å². The molecule has 26 heavy (non-hydrogen) atoms. The van der Waals surface area contributed by atoms with E-state index in [2.05, 4.69) is 67.2 Å². The van der Waals surface area contributed by atoms with E-state index in [-0.39, 0.29) is 28.4 Å². The van der Waals surface area contributed by atoms with Crippen LogP contribution in [0.2, 0.25) is 0 Å². The van der Waals surface area contributed by atoms with Gasteiger partial charge in [-0.15, -0.1) is 0 Å². The fraction of sp³-hybridized carbons (Fsp3) is 0.810. The largest absolute Gasteiger partial charge is 0.453 e. The van der Waals surface area contributed by atoms with Crippen LogP contribution in [-0.4, -0.2) is 54.5 Å². The van der Waals surface area contributed by atoms with Crippen LogP contribution >= 0.6 is 0 Å². The zero-order valence-corrected chi connectivity index (χ0v) is 18.4. The van der Waals surface area contributed by atoms with Crippen molar-refractivity contribution in [3.8, 4) is 0 Å². The van der Waals surface area contributed by atoms with E-state index in [9.17, 15) is 4.79 Å². The lowest BCUT2D eigenvalue weighted by molar-refractivity contribution is 0.111. The zero-order valence-electron chi connectivity index (χ0n) is 18.4. The van der Waals surface area contributed by atoms with Gasteiger partial charge in [-0.3, -0.25) is 4.99 Å². The summed E-state index contributed by atoms with van der Waals surface area (Å²) in [4.78, 5) is 21.7. The van der Waals surface area contributed by atoms with Gasteiger partial charge in [0, 0.05) is 24.2 Å². The molecule has 0 bridgehead atoms. The first-order valence-electron chi connectivity index (χ1n) is 9.60. The van der Waals surface area contributed by atoms with Crippen LogP contribution in [0.1, 0.15) is 62.3 Å². The molecule has 148 valence electrons. The van der Waals surface area contributed by atoms with Gasteiger partial charge in [0.1, 0.15) is 5.84 Å². The molecule has 0 aliphatic carbocycles. The van der Waals surface area contributed by atoms with Gasteiger partial charge < -0.3 is 14.5 Å². The van der Waals surface area contributed by atoms with Crippen molar-refractivity contribution in [2.75, 3.05) is 26.7 Å². The minimum absolute atomic E-state index is 0.00570. The topological polar surface area (TPSA) is 45.1 Å². The Balaban J connectivity index is 2.66. The normalized spacial score (nSPS) is 22.2. The van der Waals surface area contributed by atoms with Crippen molar-refractivity contribution in [3.05, 3.63) is 11.3 Å². The maximum Gasteiger partial charge on any atom is 0.409 e. The highest BCUT2D eigenvalue weighted by atomic mass is 16.5. The van der Waals surface area contributed by atoms with Gasteiger partial charge in [0.2, 0.25) is 0 Å². The summed E-state index contributed by atoms with van der Waals surface area (Å²) in [5, 5.41) is 0. The molecular weight excluding hydrogens is 326 g/mol. The smallest absolute Gasteiger partial charge is 0.409 e. The van der Waals surface area contributed by atoms with Gasteiger partial charge in [-0.25, -0.2) is 4.79 Å². The monoisotopic (exact) mass is 363 g/mol. The van der Waals surface area contributed by atoms with E-state index in [1.54, 1.807) is 0 Å². The molecule has 5 heteroatoms. The second-order valence-electron chi connectivity index (χ2n) is 10.6. The van der Waals surface area contributed by atoms with Crippen LogP contribution in [0.15, 0.2) is 16.3 Å². The molecular formula is C21H37N3O2. The first-order chi connectivity index (χ1) is 11.7. The first-order valence-corrected chi connectivity index (χ1v) is 9.60. The molecule has 2 aliphatic heterocycles. The van der Waals surface area contributed by atoms with Crippen LogP contribution < -0.4 is 0 Å². The molecule has 5 nitrogen and oxygen atoms in total. The number of amidine groups is 1. The number of carbonyl (C=O) groups excluding carboxylic acids is 1. The summed E-state index contributed by atoms with van der Waals surface area (Å²) in [6.07, 6.45) is -0.252. The molecule has 1 fully saturated rings. The fourth-order valence-corrected chi connectivity index (χ4v) is 3.93. The minimum atomic E-state index is -0.252. The number of aliphatic imine (C=N–C) groups is 1. The van der Waals surface area contributed by atoms with E-state index in [0.717, 1.165) is 12.4 Å². The summed E-state index contributed by atoms with van der Waals surface area (Å²) in [7, 11) is 1.45.